The van der Waals surface area contributed by atoms with Gasteiger partial charge in [0.05, 0.1) is 11.8 Å². The van der Waals surface area contributed by atoms with Crippen LogP contribution in [0.15, 0.2) is 6.20 Å². The van der Waals surface area contributed by atoms with E-state index in [0.29, 0.717) is 5.56 Å². The van der Waals surface area contributed by atoms with Gasteiger partial charge in [0.2, 0.25) is 0 Å². The van der Waals surface area contributed by atoms with Crippen molar-refractivity contribution in [3.8, 4) is 0 Å². The number of hydrogen-bond donors (Lipinski definition) is 0. The molecule has 0 aliphatic rings. The molecule has 0 spiro atoms. The molecule has 0 saturated heterocycles. The van der Waals surface area contributed by atoms with Crippen LogP contribution >= 0.6 is 15.9 Å². The van der Waals surface area contributed by atoms with Crippen molar-refractivity contribution in [1.82, 2.24) is 14.7 Å². The fraction of sp³-hybridized carbons (Fsp3) is 0.636. The lowest BCUT2D eigenvalue weighted by molar-refractivity contribution is 0.0765. The first-order chi connectivity index (χ1) is 7.61. The van der Waals surface area contributed by atoms with Gasteiger partial charge in [-0.05, 0) is 13.3 Å². The average molecular weight is 288 g/mol. The summed E-state index contributed by atoms with van der Waals surface area (Å²) in [6, 6.07) is 0. The minimum Gasteiger partial charge on any atom is -0.338 e. The molecule has 0 radical (unpaired) electrons. The third-order valence-corrected chi connectivity index (χ3v) is 2.96. The normalized spacial score (nSPS) is 10.5. The van der Waals surface area contributed by atoms with Crippen LogP contribution in [0.3, 0.4) is 0 Å². The summed E-state index contributed by atoms with van der Waals surface area (Å²) < 4.78 is 1.73. The van der Waals surface area contributed by atoms with Gasteiger partial charge in [0, 0.05) is 31.2 Å². The Morgan fingerprint density at radius 2 is 2.25 bits per heavy atom. The zero-order chi connectivity index (χ0) is 12.1. The van der Waals surface area contributed by atoms with Gasteiger partial charge in [-0.25, -0.2) is 0 Å². The Bertz CT molecular complexity index is 356. The predicted molar refractivity (Wildman–Crippen MR) is 67.9 cm³/mol. The van der Waals surface area contributed by atoms with Crippen molar-refractivity contribution in [3.05, 3.63) is 17.5 Å². The van der Waals surface area contributed by atoms with Crippen molar-refractivity contribution in [2.75, 3.05) is 18.4 Å². The van der Waals surface area contributed by atoms with E-state index in [1.807, 2.05) is 18.9 Å². The van der Waals surface area contributed by atoms with Gasteiger partial charge in [-0.2, -0.15) is 5.10 Å². The molecular formula is C11H18BrN3O. The van der Waals surface area contributed by atoms with Crippen LogP contribution in [0.25, 0.3) is 0 Å². The molecule has 90 valence electrons. The lowest BCUT2D eigenvalue weighted by atomic mass is 10.2. The van der Waals surface area contributed by atoms with Crippen LogP contribution in [0.5, 0.6) is 0 Å². The van der Waals surface area contributed by atoms with E-state index >= 15 is 0 Å². The zero-order valence-corrected chi connectivity index (χ0v) is 11.6. The zero-order valence-electron chi connectivity index (χ0n) is 10.0. The van der Waals surface area contributed by atoms with E-state index in [0.717, 1.165) is 30.5 Å². The van der Waals surface area contributed by atoms with Gasteiger partial charge in [0.15, 0.2) is 0 Å². The Kier molecular flexibility index (Phi) is 4.99. The molecule has 0 aliphatic carbocycles. The molecule has 1 aromatic heterocycles. The van der Waals surface area contributed by atoms with Crippen molar-refractivity contribution in [3.63, 3.8) is 0 Å². The Labute approximate surface area is 105 Å². The smallest absolute Gasteiger partial charge is 0.257 e. The van der Waals surface area contributed by atoms with Crippen molar-refractivity contribution >= 4 is 21.8 Å². The largest absolute Gasteiger partial charge is 0.338 e. The summed E-state index contributed by atoms with van der Waals surface area (Å²) in [5.74, 6) is 0.0758. The first kappa shape index (κ1) is 13.2. The van der Waals surface area contributed by atoms with E-state index in [1.165, 1.54) is 0 Å². The van der Waals surface area contributed by atoms with E-state index in [1.54, 1.807) is 10.9 Å². The molecule has 0 saturated carbocycles. The third kappa shape index (κ3) is 2.84. The number of alkyl halides is 1. The number of rotatable bonds is 5. The van der Waals surface area contributed by atoms with Crippen LogP contribution in [0.4, 0.5) is 0 Å². The number of amides is 1. The molecule has 1 rings (SSSR count). The van der Waals surface area contributed by atoms with E-state index in [9.17, 15) is 4.79 Å². The molecule has 1 heterocycles. The van der Waals surface area contributed by atoms with Gasteiger partial charge in [-0.15, -0.1) is 0 Å². The van der Waals surface area contributed by atoms with Crippen LogP contribution in [0.1, 0.15) is 29.4 Å². The quantitative estimate of drug-likeness (QED) is 0.777. The second kappa shape index (κ2) is 6.03. The summed E-state index contributed by atoms with van der Waals surface area (Å²) in [6.45, 7) is 5.52. The molecule has 0 aromatic carbocycles. The minimum absolute atomic E-state index is 0.0758. The number of hydrogen-bond acceptors (Lipinski definition) is 2. The summed E-state index contributed by atoms with van der Waals surface area (Å²) in [5, 5.41) is 4.90. The van der Waals surface area contributed by atoms with E-state index in [2.05, 4.69) is 28.0 Å². The van der Waals surface area contributed by atoms with Gasteiger partial charge in [0.1, 0.15) is 0 Å². The highest BCUT2D eigenvalue weighted by atomic mass is 79.9. The van der Waals surface area contributed by atoms with E-state index in [4.69, 9.17) is 0 Å². The molecule has 5 heteroatoms. The maximum atomic E-state index is 12.2. The van der Waals surface area contributed by atoms with Gasteiger partial charge < -0.3 is 4.90 Å². The van der Waals surface area contributed by atoms with Crippen LogP contribution in [0, 0.1) is 6.92 Å². The monoisotopic (exact) mass is 287 g/mol. The van der Waals surface area contributed by atoms with Crippen molar-refractivity contribution < 1.29 is 4.79 Å². The highest BCUT2D eigenvalue weighted by Gasteiger charge is 2.18. The van der Waals surface area contributed by atoms with Crippen molar-refractivity contribution in [2.45, 2.75) is 20.3 Å². The number of aryl methyl sites for hydroxylation is 1. The first-order valence-electron chi connectivity index (χ1n) is 5.45. The molecule has 1 amide bonds. The minimum atomic E-state index is 0.0758. The fourth-order valence-corrected chi connectivity index (χ4v) is 1.99. The Morgan fingerprint density at radius 1 is 1.56 bits per heavy atom. The third-order valence-electron chi connectivity index (χ3n) is 2.60. The molecule has 0 atom stereocenters. The van der Waals surface area contributed by atoms with Crippen molar-refractivity contribution in [1.29, 1.82) is 0 Å². The molecular weight excluding hydrogens is 270 g/mol. The topological polar surface area (TPSA) is 38.1 Å². The summed E-state index contributed by atoms with van der Waals surface area (Å²) >= 11 is 3.37. The lowest BCUT2D eigenvalue weighted by Gasteiger charge is -2.20. The lowest BCUT2D eigenvalue weighted by Crippen LogP contribution is -2.33. The number of aromatic nitrogens is 2. The SMILES string of the molecule is CCCN(CCBr)C(=O)c1cnn(C)c1C. The molecule has 16 heavy (non-hydrogen) atoms. The van der Waals surface area contributed by atoms with Crippen molar-refractivity contribution in [2.24, 2.45) is 7.05 Å². The molecule has 1 aromatic rings. The maximum absolute atomic E-state index is 12.2. The molecule has 0 N–H and O–H groups in total. The van der Waals surface area contributed by atoms with Gasteiger partial charge in [0.25, 0.3) is 5.91 Å². The molecule has 0 fully saturated rings. The van der Waals surface area contributed by atoms with Gasteiger partial charge in [-0.1, -0.05) is 22.9 Å². The number of carbonyl (C=O) groups is 1. The molecule has 0 unspecified atom stereocenters. The number of carbonyl (C=O) groups excluding carboxylic acids is 1. The summed E-state index contributed by atoms with van der Waals surface area (Å²) in [6.07, 6.45) is 2.62. The second-order valence-corrected chi connectivity index (χ2v) is 4.54. The number of halogens is 1. The Hall–Kier alpha value is -0.840. The van der Waals surface area contributed by atoms with E-state index < -0.39 is 0 Å². The van der Waals surface area contributed by atoms with Gasteiger partial charge >= 0.3 is 0 Å². The highest BCUT2D eigenvalue weighted by Crippen LogP contribution is 2.10. The average Bonchev–Trinajstić information content (AvgIpc) is 2.59. The Morgan fingerprint density at radius 3 is 2.69 bits per heavy atom. The molecule has 0 aliphatic heterocycles. The van der Waals surface area contributed by atoms with Crippen LogP contribution in [-0.2, 0) is 7.05 Å². The van der Waals surface area contributed by atoms with E-state index in [-0.39, 0.29) is 5.91 Å². The maximum Gasteiger partial charge on any atom is 0.257 e. The summed E-state index contributed by atoms with van der Waals surface area (Å²) in [5.41, 5.74) is 1.62. The van der Waals surface area contributed by atoms with Crippen LogP contribution < -0.4 is 0 Å². The summed E-state index contributed by atoms with van der Waals surface area (Å²) in [7, 11) is 1.85. The fourth-order valence-electron chi connectivity index (χ4n) is 1.57. The molecule has 4 nitrogen and oxygen atoms in total. The Balaban J connectivity index is 2.85. The second-order valence-electron chi connectivity index (χ2n) is 3.75. The first-order valence-corrected chi connectivity index (χ1v) is 6.57. The number of nitrogens with zero attached hydrogens (tertiary/aromatic N) is 3. The standard InChI is InChI=1S/C11H18BrN3O/c1-4-6-15(7-5-12)11(16)10-8-13-14(3)9(10)2/h8H,4-7H2,1-3H3. The summed E-state index contributed by atoms with van der Waals surface area (Å²) in [4.78, 5) is 14.1. The molecule has 0 bridgehead atoms. The predicted octanol–water partition coefficient (Wildman–Crippen LogP) is 1.98. The van der Waals surface area contributed by atoms with Gasteiger partial charge in [-0.3, -0.25) is 9.48 Å². The highest BCUT2D eigenvalue weighted by molar-refractivity contribution is 9.09. The van der Waals surface area contributed by atoms with Crippen LogP contribution in [0.2, 0.25) is 0 Å². The van der Waals surface area contributed by atoms with Crippen LogP contribution in [-0.4, -0.2) is 39.0 Å².